The molecule has 0 saturated carbocycles. The molecule has 0 radical (unpaired) electrons. The quantitative estimate of drug-likeness (QED) is 0.391. The van der Waals surface area contributed by atoms with Crippen LogP contribution >= 0.6 is 47.0 Å². The number of fused-ring (bicyclic) bond motifs is 4. The minimum Gasteiger partial charge on any atom is -0.467 e. The first-order valence-electron chi connectivity index (χ1n) is 10.2. The predicted molar refractivity (Wildman–Crippen MR) is 136 cm³/mol. The minimum absolute atomic E-state index is 0.232. The Bertz CT molecular complexity index is 1250. The van der Waals surface area contributed by atoms with Gasteiger partial charge in [0.15, 0.2) is 10.8 Å². The van der Waals surface area contributed by atoms with Gasteiger partial charge in [-0.25, -0.2) is 0 Å². The maximum Gasteiger partial charge on any atom is 0.236 e. The molecule has 0 aromatic heterocycles. The van der Waals surface area contributed by atoms with Gasteiger partial charge in [0.25, 0.3) is 0 Å². The fourth-order valence-electron chi connectivity index (χ4n) is 4.49. The lowest BCUT2D eigenvalue weighted by Crippen LogP contribution is -2.72. The molecule has 0 spiro atoms. The molecule has 2 heterocycles. The Morgan fingerprint density at radius 2 is 1.61 bits per heavy atom. The van der Waals surface area contributed by atoms with E-state index in [-0.39, 0.29) is 5.91 Å². The number of amides is 1. The molecule has 1 amide bonds. The second kappa shape index (κ2) is 8.37. The summed E-state index contributed by atoms with van der Waals surface area (Å²) in [6.45, 7) is 1.87. The number of carbonyl (C=O) groups is 1. The van der Waals surface area contributed by atoms with Crippen LogP contribution in [0.3, 0.4) is 0 Å². The lowest BCUT2D eigenvalue weighted by molar-refractivity contribution is -0.130. The first-order valence-corrected chi connectivity index (χ1v) is 11.7. The smallest absolute Gasteiger partial charge is 0.236 e. The monoisotopic (exact) mass is 517 g/mol. The average molecular weight is 519 g/mol. The van der Waals surface area contributed by atoms with Crippen LogP contribution in [0.4, 0.5) is 11.4 Å². The predicted octanol–water partition coefficient (Wildman–Crippen LogP) is 6.45. The fourth-order valence-corrected chi connectivity index (χ4v) is 5.33. The highest BCUT2D eigenvalue weighted by atomic mass is 35.5. The Kier molecular flexibility index (Phi) is 5.65. The van der Waals surface area contributed by atoms with E-state index in [0.717, 1.165) is 11.3 Å². The van der Waals surface area contributed by atoms with Gasteiger partial charge >= 0.3 is 0 Å². The van der Waals surface area contributed by atoms with Gasteiger partial charge in [-0.2, -0.15) is 0 Å². The van der Waals surface area contributed by atoms with Gasteiger partial charge in [-0.1, -0.05) is 34.8 Å². The molecule has 2 aliphatic heterocycles. The summed E-state index contributed by atoms with van der Waals surface area (Å²) in [7, 11) is 0. The van der Waals surface area contributed by atoms with Gasteiger partial charge in [-0.3, -0.25) is 9.69 Å². The molecular weight excluding hydrogens is 501 g/mol. The molecule has 3 atom stereocenters. The molecule has 2 N–H and O–H groups in total. The highest BCUT2D eigenvalue weighted by Gasteiger charge is 2.59. The van der Waals surface area contributed by atoms with Crippen LogP contribution in [-0.2, 0) is 4.79 Å². The third-order valence-electron chi connectivity index (χ3n) is 5.94. The standard InChI is InChI=1S/C24H18Cl3N3O2S/c1-24-20(22(31)28-16-7-2-13(25)3-8-16)21(18-12-15(27)6-11-19(18)32-24)29-23(33)30(24)17-9-4-14(26)5-10-17/h2-12,20-21H,1H3,(H,28,31)(H,29,33)/t20-,21+,24-/m0/s1. The summed E-state index contributed by atoms with van der Waals surface area (Å²) in [4.78, 5) is 15.5. The maximum atomic E-state index is 13.7. The van der Waals surface area contributed by atoms with Crippen LogP contribution in [0.1, 0.15) is 18.5 Å². The number of halogens is 3. The third-order valence-corrected chi connectivity index (χ3v) is 6.98. The van der Waals surface area contributed by atoms with Crippen molar-refractivity contribution in [1.82, 2.24) is 5.32 Å². The van der Waals surface area contributed by atoms with Crippen molar-refractivity contribution in [1.29, 1.82) is 0 Å². The van der Waals surface area contributed by atoms with Crippen molar-refractivity contribution in [2.24, 2.45) is 5.92 Å². The molecule has 2 bridgehead atoms. The SMILES string of the molecule is C[C@@]12Oc3ccc(Cl)cc3[C@@H](NC(=S)N1c1ccc(Cl)cc1)[C@H]2C(=O)Nc1ccc(Cl)cc1. The zero-order chi connectivity index (χ0) is 23.3. The van der Waals surface area contributed by atoms with Crippen LogP contribution in [0.5, 0.6) is 5.75 Å². The molecule has 3 aromatic carbocycles. The van der Waals surface area contributed by atoms with Gasteiger partial charge in [0.1, 0.15) is 11.7 Å². The van der Waals surface area contributed by atoms with E-state index in [1.165, 1.54) is 0 Å². The van der Waals surface area contributed by atoms with Crippen molar-refractivity contribution in [3.05, 3.63) is 87.4 Å². The van der Waals surface area contributed by atoms with Crippen molar-refractivity contribution < 1.29 is 9.53 Å². The van der Waals surface area contributed by atoms with E-state index in [9.17, 15) is 4.79 Å². The van der Waals surface area contributed by atoms with Crippen molar-refractivity contribution in [2.75, 3.05) is 10.2 Å². The van der Waals surface area contributed by atoms with Gasteiger partial charge in [0.2, 0.25) is 5.91 Å². The number of anilines is 2. The zero-order valence-corrected chi connectivity index (χ0v) is 20.4. The molecule has 0 aliphatic carbocycles. The molecular formula is C24H18Cl3N3O2S. The van der Waals surface area contributed by atoms with Crippen molar-refractivity contribution in [2.45, 2.75) is 18.7 Å². The summed E-state index contributed by atoms with van der Waals surface area (Å²) in [5, 5.41) is 8.51. The third kappa shape index (κ3) is 3.91. The van der Waals surface area contributed by atoms with Gasteiger partial charge < -0.3 is 15.4 Å². The fraction of sp³-hybridized carbons (Fsp3) is 0.167. The Labute approximate surface area is 211 Å². The van der Waals surface area contributed by atoms with Crippen molar-refractivity contribution >= 4 is 69.4 Å². The number of rotatable bonds is 3. The highest BCUT2D eigenvalue weighted by molar-refractivity contribution is 7.80. The summed E-state index contributed by atoms with van der Waals surface area (Å²) in [6.07, 6.45) is 0. The summed E-state index contributed by atoms with van der Waals surface area (Å²) in [5.41, 5.74) is 1.02. The van der Waals surface area contributed by atoms with E-state index < -0.39 is 17.7 Å². The summed E-state index contributed by atoms with van der Waals surface area (Å²) < 4.78 is 6.53. The molecule has 1 fully saturated rings. The number of carbonyl (C=O) groups excluding carboxylic acids is 1. The average Bonchev–Trinajstić information content (AvgIpc) is 2.77. The normalized spacial score (nSPS) is 23.3. The molecule has 5 rings (SSSR count). The van der Waals surface area contributed by atoms with E-state index in [2.05, 4.69) is 10.6 Å². The Morgan fingerprint density at radius 3 is 2.27 bits per heavy atom. The topological polar surface area (TPSA) is 53.6 Å². The number of hydrogen-bond donors (Lipinski definition) is 2. The molecule has 168 valence electrons. The first kappa shape index (κ1) is 22.3. The maximum absolute atomic E-state index is 13.7. The molecule has 0 unspecified atom stereocenters. The van der Waals surface area contributed by atoms with Gasteiger partial charge in [-0.15, -0.1) is 0 Å². The number of hydrogen-bond acceptors (Lipinski definition) is 3. The summed E-state index contributed by atoms with van der Waals surface area (Å²) >= 11 is 24.1. The van der Waals surface area contributed by atoms with Crippen LogP contribution in [0.2, 0.25) is 15.1 Å². The van der Waals surface area contributed by atoms with E-state index >= 15 is 0 Å². The second-order valence-corrected chi connectivity index (χ2v) is 9.75. The molecule has 2 aliphatic rings. The molecule has 9 heteroatoms. The number of nitrogens with one attached hydrogen (secondary N) is 2. The van der Waals surface area contributed by atoms with Gasteiger partial charge in [-0.05, 0) is 85.9 Å². The zero-order valence-electron chi connectivity index (χ0n) is 17.3. The van der Waals surface area contributed by atoms with Gasteiger partial charge in [0, 0.05) is 32.0 Å². The van der Waals surface area contributed by atoms with E-state index in [4.69, 9.17) is 51.8 Å². The number of nitrogens with zero attached hydrogens (tertiary/aromatic N) is 1. The summed E-state index contributed by atoms with van der Waals surface area (Å²) in [5.74, 6) is -0.276. The minimum atomic E-state index is -1.13. The molecule has 1 saturated heterocycles. The van der Waals surface area contributed by atoms with Crippen LogP contribution in [-0.4, -0.2) is 16.7 Å². The largest absolute Gasteiger partial charge is 0.467 e. The molecule has 33 heavy (non-hydrogen) atoms. The number of benzene rings is 3. The molecule has 3 aromatic rings. The second-order valence-electron chi connectivity index (χ2n) is 8.05. The highest BCUT2D eigenvalue weighted by Crippen LogP contribution is 2.50. The van der Waals surface area contributed by atoms with E-state index in [1.54, 1.807) is 48.5 Å². The van der Waals surface area contributed by atoms with Crippen molar-refractivity contribution in [3.63, 3.8) is 0 Å². The molecule has 5 nitrogen and oxygen atoms in total. The van der Waals surface area contributed by atoms with Crippen LogP contribution in [0.25, 0.3) is 0 Å². The van der Waals surface area contributed by atoms with Crippen LogP contribution in [0.15, 0.2) is 66.7 Å². The Hall–Kier alpha value is -2.51. The number of thiocarbonyl (C=S) groups is 1. The first-order chi connectivity index (χ1) is 15.8. The van der Waals surface area contributed by atoms with E-state index in [0.29, 0.717) is 31.6 Å². The lowest BCUT2D eigenvalue weighted by atomic mass is 9.78. The van der Waals surface area contributed by atoms with E-state index in [1.807, 2.05) is 30.0 Å². The Balaban J connectivity index is 1.62. The summed E-state index contributed by atoms with van der Waals surface area (Å²) in [6, 6.07) is 19.1. The van der Waals surface area contributed by atoms with Crippen molar-refractivity contribution in [3.8, 4) is 5.75 Å². The van der Waals surface area contributed by atoms with Crippen LogP contribution < -0.4 is 20.3 Å². The number of ether oxygens (including phenoxy) is 1. The van der Waals surface area contributed by atoms with Crippen LogP contribution in [0, 0.1) is 5.92 Å². The Morgan fingerprint density at radius 1 is 1.00 bits per heavy atom. The lowest BCUT2D eigenvalue weighted by Gasteiger charge is -2.56. The van der Waals surface area contributed by atoms with Gasteiger partial charge in [0.05, 0.1) is 6.04 Å².